The molecule has 1 aromatic carbocycles. The van der Waals surface area contributed by atoms with Crippen LogP contribution in [0.5, 0.6) is 0 Å². The van der Waals surface area contributed by atoms with Crippen LogP contribution >= 0.6 is 0 Å². The molecule has 0 aromatic heterocycles. The zero-order valence-corrected chi connectivity index (χ0v) is 7.50. The summed E-state index contributed by atoms with van der Waals surface area (Å²) >= 11 is 0. The van der Waals surface area contributed by atoms with Gasteiger partial charge < -0.3 is 5.32 Å². The molecule has 13 heavy (non-hydrogen) atoms. The van der Waals surface area contributed by atoms with Gasteiger partial charge in [-0.25, -0.2) is 0 Å². The number of nitrogens with one attached hydrogen (secondary N) is 1. The molecule has 0 fully saturated rings. The number of hydrogen-bond donors (Lipinski definition) is 1. The summed E-state index contributed by atoms with van der Waals surface area (Å²) in [6, 6.07) is 7.02. The highest BCUT2D eigenvalue weighted by atomic mass is 16.1. The Bertz CT molecular complexity index is 332. The number of hydrogen-bond acceptors (Lipinski definition) is 2. The maximum absolute atomic E-state index is 11.3. The molecule has 0 radical (unpaired) electrons. The molecule has 0 unspecified atom stereocenters. The summed E-state index contributed by atoms with van der Waals surface area (Å²) in [6.45, 7) is 0.357. The van der Waals surface area contributed by atoms with E-state index >= 15 is 0 Å². The molecule has 0 saturated heterocycles. The van der Waals surface area contributed by atoms with Gasteiger partial charge in [-0.05, 0) is 19.2 Å². The Balaban J connectivity index is 2.81. The third-order valence-electron chi connectivity index (χ3n) is 1.71. The molecule has 0 bridgehead atoms. The van der Waals surface area contributed by atoms with Gasteiger partial charge in [-0.2, -0.15) is 0 Å². The zero-order chi connectivity index (χ0) is 9.68. The molecule has 0 atom stereocenters. The molecule has 2 heteroatoms. The number of terminal acetylenes is 1. The number of likely N-dealkylation sites (N-methyl/N-ethyl adjacent to an activating group) is 1. The molecule has 0 aliphatic carbocycles. The SMILES string of the molecule is C#Cc1ccc(C(=O)CNC)cc1. The van der Waals surface area contributed by atoms with E-state index in [0.29, 0.717) is 12.1 Å². The smallest absolute Gasteiger partial charge is 0.176 e. The van der Waals surface area contributed by atoms with Crippen molar-refractivity contribution in [2.24, 2.45) is 0 Å². The third kappa shape index (κ3) is 2.43. The second-order valence-electron chi connectivity index (χ2n) is 2.68. The van der Waals surface area contributed by atoms with Crippen LogP contribution in [-0.4, -0.2) is 19.4 Å². The van der Waals surface area contributed by atoms with Gasteiger partial charge in [0.05, 0.1) is 6.54 Å². The average molecular weight is 173 g/mol. The molecule has 1 aromatic rings. The van der Waals surface area contributed by atoms with Crippen LogP contribution in [0.4, 0.5) is 0 Å². The van der Waals surface area contributed by atoms with Gasteiger partial charge in [-0.15, -0.1) is 6.42 Å². The molecule has 0 amide bonds. The normalized spacial score (nSPS) is 9.23. The minimum absolute atomic E-state index is 0.0751. The Hall–Kier alpha value is -1.59. The van der Waals surface area contributed by atoms with E-state index < -0.39 is 0 Å². The molecule has 2 nitrogen and oxygen atoms in total. The predicted molar refractivity (Wildman–Crippen MR) is 52.6 cm³/mol. The molecular weight excluding hydrogens is 162 g/mol. The highest BCUT2D eigenvalue weighted by molar-refractivity contribution is 5.97. The van der Waals surface area contributed by atoms with Gasteiger partial charge >= 0.3 is 0 Å². The van der Waals surface area contributed by atoms with Crippen LogP contribution in [-0.2, 0) is 0 Å². The molecule has 66 valence electrons. The van der Waals surface area contributed by atoms with Crippen LogP contribution in [0.1, 0.15) is 15.9 Å². The van der Waals surface area contributed by atoms with Crippen molar-refractivity contribution in [3.8, 4) is 12.3 Å². The van der Waals surface area contributed by atoms with Crippen molar-refractivity contribution < 1.29 is 4.79 Å². The van der Waals surface area contributed by atoms with E-state index in [1.165, 1.54) is 0 Å². The van der Waals surface area contributed by atoms with Crippen molar-refractivity contribution in [3.05, 3.63) is 35.4 Å². The first-order chi connectivity index (χ1) is 6.27. The van der Waals surface area contributed by atoms with Gasteiger partial charge in [-0.3, -0.25) is 4.79 Å². The number of carbonyl (C=O) groups excluding carboxylic acids is 1. The summed E-state index contributed by atoms with van der Waals surface area (Å²) in [5, 5.41) is 2.80. The van der Waals surface area contributed by atoms with Gasteiger partial charge in [0.2, 0.25) is 0 Å². The fraction of sp³-hybridized carbons (Fsp3) is 0.182. The van der Waals surface area contributed by atoms with Crippen molar-refractivity contribution in [2.75, 3.05) is 13.6 Å². The first kappa shape index (κ1) is 9.50. The summed E-state index contributed by atoms with van der Waals surface area (Å²) in [5.74, 6) is 2.57. The molecule has 0 heterocycles. The average Bonchev–Trinajstić information content (AvgIpc) is 2.18. The minimum atomic E-state index is 0.0751. The summed E-state index contributed by atoms with van der Waals surface area (Å²) in [5.41, 5.74) is 1.48. The zero-order valence-electron chi connectivity index (χ0n) is 7.50. The molecular formula is C11H11NO. The first-order valence-corrected chi connectivity index (χ1v) is 4.02. The molecule has 0 saturated carbocycles. The summed E-state index contributed by atoms with van der Waals surface area (Å²) < 4.78 is 0. The monoisotopic (exact) mass is 173 g/mol. The number of carbonyl (C=O) groups is 1. The van der Waals surface area contributed by atoms with E-state index in [-0.39, 0.29) is 5.78 Å². The Morgan fingerprint density at radius 3 is 2.54 bits per heavy atom. The van der Waals surface area contributed by atoms with Crippen molar-refractivity contribution >= 4 is 5.78 Å². The lowest BCUT2D eigenvalue weighted by Crippen LogP contribution is -2.18. The van der Waals surface area contributed by atoms with E-state index in [0.717, 1.165) is 5.56 Å². The quantitative estimate of drug-likeness (QED) is 0.547. The topological polar surface area (TPSA) is 29.1 Å². The molecule has 1 N–H and O–H groups in total. The van der Waals surface area contributed by atoms with E-state index in [9.17, 15) is 4.79 Å². The maximum Gasteiger partial charge on any atom is 0.176 e. The lowest BCUT2D eigenvalue weighted by Gasteiger charge is -1.99. The summed E-state index contributed by atoms with van der Waals surface area (Å²) in [7, 11) is 1.74. The van der Waals surface area contributed by atoms with Crippen LogP contribution in [0.3, 0.4) is 0 Å². The third-order valence-corrected chi connectivity index (χ3v) is 1.71. The number of Topliss-reactive ketones (excluding diaryl/α,β-unsaturated/α-hetero) is 1. The second kappa shape index (κ2) is 4.44. The predicted octanol–water partition coefficient (Wildman–Crippen LogP) is 1.07. The molecule has 1 rings (SSSR count). The fourth-order valence-electron chi connectivity index (χ4n) is 1.01. The van der Waals surface area contributed by atoms with E-state index in [4.69, 9.17) is 6.42 Å². The van der Waals surface area contributed by atoms with E-state index in [1.807, 2.05) is 0 Å². The Morgan fingerprint density at radius 1 is 1.46 bits per heavy atom. The van der Waals surface area contributed by atoms with Crippen LogP contribution in [0.2, 0.25) is 0 Å². The van der Waals surface area contributed by atoms with Gasteiger partial charge in [-0.1, -0.05) is 18.1 Å². The summed E-state index contributed by atoms with van der Waals surface area (Å²) in [6.07, 6.45) is 5.19. The molecule has 0 spiro atoms. The highest BCUT2D eigenvalue weighted by Crippen LogP contribution is 2.03. The van der Waals surface area contributed by atoms with Crippen LogP contribution in [0, 0.1) is 12.3 Å². The second-order valence-corrected chi connectivity index (χ2v) is 2.68. The van der Waals surface area contributed by atoms with Crippen molar-refractivity contribution in [1.29, 1.82) is 0 Å². The lowest BCUT2D eigenvalue weighted by atomic mass is 10.1. The van der Waals surface area contributed by atoms with Crippen LogP contribution < -0.4 is 5.32 Å². The largest absolute Gasteiger partial charge is 0.313 e. The van der Waals surface area contributed by atoms with Crippen LogP contribution in [0.25, 0.3) is 0 Å². The van der Waals surface area contributed by atoms with Gasteiger partial charge in [0.15, 0.2) is 5.78 Å². The number of rotatable bonds is 3. The Kier molecular flexibility index (Phi) is 3.24. The van der Waals surface area contributed by atoms with Crippen molar-refractivity contribution in [2.45, 2.75) is 0 Å². The van der Waals surface area contributed by atoms with E-state index in [1.54, 1.807) is 31.3 Å². The lowest BCUT2D eigenvalue weighted by molar-refractivity contribution is 0.0993. The van der Waals surface area contributed by atoms with E-state index in [2.05, 4.69) is 11.2 Å². The molecule has 0 aliphatic rings. The van der Waals surface area contributed by atoms with Crippen LogP contribution in [0.15, 0.2) is 24.3 Å². The Labute approximate surface area is 78.0 Å². The van der Waals surface area contributed by atoms with Crippen molar-refractivity contribution in [1.82, 2.24) is 5.32 Å². The summed E-state index contributed by atoms with van der Waals surface area (Å²) in [4.78, 5) is 11.3. The fourth-order valence-corrected chi connectivity index (χ4v) is 1.01. The van der Waals surface area contributed by atoms with Gasteiger partial charge in [0.1, 0.15) is 0 Å². The van der Waals surface area contributed by atoms with Gasteiger partial charge in [0.25, 0.3) is 0 Å². The minimum Gasteiger partial charge on any atom is -0.313 e. The number of benzene rings is 1. The van der Waals surface area contributed by atoms with Gasteiger partial charge in [0, 0.05) is 11.1 Å². The number of ketones is 1. The first-order valence-electron chi connectivity index (χ1n) is 4.02. The van der Waals surface area contributed by atoms with Crippen molar-refractivity contribution in [3.63, 3.8) is 0 Å². The highest BCUT2D eigenvalue weighted by Gasteiger charge is 2.02. The maximum atomic E-state index is 11.3. The Morgan fingerprint density at radius 2 is 2.08 bits per heavy atom. The standard InChI is InChI=1S/C11H11NO/c1-3-9-4-6-10(7-5-9)11(13)8-12-2/h1,4-7,12H,8H2,2H3. The molecule has 0 aliphatic heterocycles.